The van der Waals surface area contributed by atoms with E-state index in [1.165, 1.54) is 81.7 Å². The Labute approximate surface area is 306 Å². The van der Waals surface area contributed by atoms with Crippen LogP contribution in [0.25, 0.3) is 11.1 Å². The van der Waals surface area contributed by atoms with E-state index in [2.05, 4.69) is 104 Å². The molecule has 0 saturated heterocycles. The molecule has 3 aromatic carbocycles. The number of hydrogen-bond acceptors (Lipinski definition) is 0. The van der Waals surface area contributed by atoms with Crippen LogP contribution in [-0.4, -0.2) is 3.71 Å². The van der Waals surface area contributed by atoms with Crippen molar-refractivity contribution in [1.82, 2.24) is 0 Å². The monoisotopic (exact) mass is 716 g/mol. The Hall–Kier alpha value is -2.18. The quantitative estimate of drug-likeness (QED) is 0.185. The molecule has 4 bridgehead atoms. The van der Waals surface area contributed by atoms with Gasteiger partial charge in [-0.2, -0.15) is 41.0 Å². The van der Waals surface area contributed by atoms with E-state index in [1.54, 1.807) is 56.2 Å². The van der Waals surface area contributed by atoms with Crippen molar-refractivity contribution in [2.24, 2.45) is 29.1 Å². The van der Waals surface area contributed by atoms with Gasteiger partial charge in [-0.3, -0.25) is 6.08 Å². The number of fused-ring (bicyclic) bond motifs is 3. The second-order valence-electron chi connectivity index (χ2n) is 17.9. The summed E-state index contributed by atoms with van der Waals surface area (Å²) in [5.41, 5.74) is 13.7. The molecule has 0 radical (unpaired) electrons. The molecule has 0 heterocycles. The summed E-state index contributed by atoms with van der Waals surface area (Å²) >= 11 is 1.34. The van der Waals surface area contributed by atoms with Crippen LogP contribution in [0.2, 0.25) is 0 Å². The summed E-state index contributed by atoms with van der Waals surface area (Å²) in [5, 5.41) is 0. The van der Waals surface area contributed by atoms with Crippen molar-refractivity contribution in [3.63, 3.8) is 0 Å². The van der Waals surface area contributed by atoms with E-state index >= 15 is 0 Å². The molecular weight excluding hydrogens is 663 g/mol. The third-order valence-corrected chi connectivity index (χ3v) is 12.5. The summed E-state index contributed by atoms with van der Waals surface area (Å²) in [5.74, 6) is 3.65. The van der Waals surface area contributed by atoms with Crippen molar-refractivity contribution in [3.05, 3.63) is 118 Å². The SMILES string of the molecule is CC(C)(C)c1c[c-]c2c(c1)-c1cc(C(C)(C)C)ccc1C2.CC1=[C-]C(C)C=C1CC12CC3CC(CC(C3)C1)C2.Fc1ccc([CH]=[Zr+2])cc1. The van der Waals surface area contributed by atoms with Crippen molar-refractivity contribution in [2.45, 2.75) is 118 Å². The molecular formula is C46H55FZr. The Morgan fingerprint density at radius 1 is 0.833 bits per heavy atom. The van der Waals surface area contributed by atoms with Crippen LogP contribution in [0.3, 0.4) is 0 Å². The van der Waals surface area contributed by atoms with E-state index in [9.17, 15) is 4.39 Å². The second-order valence-corrected chi connectivity index (χ2v) is 18.6. The van der Waals surface area contributed by atoms with Gasteiger partial charge in [-0.25, -0.2) is 5.57 Å². The number of benzene rings is 3. The van der Waals surface area contributed by atoms with Crippen LogP contribution in [0.5, 0.6) is 0 Å². The van der Waals surface area contributed by atoms with Crippen LogP contribution in [-0.2, 0) is 41.5 Å². The third kappa shape index (κ3) is 8.06. The average Bonchev–Trinajstić information content (AvgIpc) is 3.53. The molecule has 2 heteroatoms. The van der Waals surface area contributed by atoms with Gasteiger partial charge in [-0.15, -0.1) is 5.56 Å². The maximum absolute atomic E-state index is 12.2. The van der Waals surface area contributed by atoms with Crippen molar-refractivity contribution >= 4 is 3.71 Å². The summed E-state index contributed by atoms with van der Waals surface area (Å²) in [6, 6.07) is 21.5. The zero-order valence-electron chi connectivity index (χ0n) is 30.7. The second kappa shape index (κ2) is 13.9. The van der Waals surface area contributed by atoms with Crippen molar-refractivity contribution in [3.8, 4) is 11.1 Å². The van der Waals surface area contributed by atoms with Gasteiger partial charge in [0.1, 0.15) is 0 Å². The van der Waals surface area contributed by atoms with Crippen LogP contribution in [0, 0.1) is 47.0 Å². The molecule has 0 aromatic heterocycles. The van der Waals surface area contributed by atoms with Crippen LogP contribution in [0.4, 0.5) is 4.39 Å². The number of rotatable bonds is 3. The first-order chi connectivity index (χ1) is 22.6. The standard InChI is InChI=1S/C21H25.C18H25.C7H5F.Zr/c1-20(2,3)16-9-7-14-11-15-8-10-17(21(4,5)6)13-19(15)18(14)12-16;1-12-3-13(2)17(4-12)11-18-8-14-5-15(9-18)7-16(6-14)10-18;1-6-2-4-7(8)5-3-6;/h7,9-10,12-13H,11H2,1-6H3;4,12,14-16H,5-11H2,1-2H3;1-5H;/q2*-1;;+2. The first kappa shape index (κ1) is 35.6. The predicted octanol–water partition coefficient (Wildman–Crippen LogP) is 12.1. The molecule has 4 fully saturated rings. The number of hydrogen-bond donors (Lipinski definition) is 0. The van der Waals surface area contributed by atoms with Gasteiger partial charge in [0.2, 0.25) is 0 Å². The van der Waals surface area contributed by atoms with E-state index in [0.29, 0.717) is 11.3 Å². The van der Waals surface area contributed by atoms with E-state index in [4.69, 9.17) is 0 Å². The Morgan fingerprint density at radius 2 is 1.42 bits per heavy atom. The van der Waals surface area contributed by atoms with Crippen LogP contribution < -0.4 is 0 Å². The normalized spacial score (nSPS) is 26.4. The first-order valence-electron chi connectivity index (χ1n) is 18.4. The van der Waals surface area contributed by atoms with Gasteiger partial charge >= 0.3 is 68.0 Å². The molecule has 250 valence electrons. The first-order valence-corrected chi connectivity index (χ1v) is 19.8. The Kier molecular flexibility index (Phi) is 10.3. The van der Waals surface area contributed by atoms with E-state index in [-0.39, 0.29) is 16.6 Å². The number of allylic oxidation sites excluding steroid dienone is 4. The molecule has 6 aliphatic rings. The van der Waals surface area contributed by atoms with Crippen LogP contribution >= 0.6 is 0 Å². The van der Waals surface area contributed by atoms with Gasteiger partial charge in [0, 0.05) is 0 Å². The van der Waals surface area contributed by atoms with E-state index in [1.807, 2.05) is 3.71 Å². The van der Waals surface area contributed by atoms with Gasteiger partial charge in [-0.05, 0) is 79.1 Å². The fourth-order valence-electron chi connectivity index (χ4n) is 9.55. The molecule has 0 nitrogen and oxygen atoms in total. The Bertz CT molecular complexity index is 1610. The fourth-order valence-corrected chi connectivity index (χ4v) is 10.0. The van der Waals surface area contributed by atoms with E-state index in [0.717, 1.165) is 29.7 Å². The number of halogens is 1. The summed E-state index contributed by atoms with van der Waals surface area (Å²) < 4.78 is 14.2. The molecule has 0 N–H and O–H groups in total. The summed E-state index contributed by atoms with van der Waals surface area (Å²) in [6.45, 7) is 18.2. The molecule has 1 unspecified atom stereocenters. The minimum atomic E-state index is -0.170. The topological polar surface area (TPSA) is 0 Å². The molecule has 0 spiro atoms. The van der Waals surface area contributed by atoms with Gasteiger partial charge < -0.3 is 0 Å². The molecule has 0 amide bonds. The molecule has 6 aliphatic carbocycles. The molecule has 9 rings (SSSR count). The van der Waals surface area contributed by atoms with Crippen molar-refractivity contribution in [2.75, 3.05) is 0 Å². The molecule has 4 saturated carbocycles. The van der Waals surface area contributed by atoms with Crippen LogP contribution in [0.1, 0.15) is 128 Å². The summed E-state index contributed by atoms with van der Waals surface area (Å²) in [6.07, 6.45) is 17.8. The zero-order chi connectivity index (χ0) is 34.4. The van der Waals surface area contributed by atoms with Gasteiger partial charge in [-0.1, -0.05) is 102 Å². The summed E-state index contributed by atoms with van der Waals surface area (Å²) in [4.78, 5) is 0. The van der Waals surface area contributed by atoms with Crippen molar-refractivity contribution in [1.29, 1.82) is 0 Å². The molecule has 0 aliphatic heterocycles. The summed E-state index contributed by atoms with van der Waals surface area (Å²) in [7, 11) is 0. The Morgan fingerprint density at radius 3 is 1.94 bits per heavy atom. The van der Waals surface area contributed by atoms with E-state index < -0.39 is 0 Å². The van der Waals surface area contributed by atoms with Crippen LogP contribution in [0.15, 0.2) is 71.8 Å². The fraction of sp³-hybridized carbons (Fsp3) is 0.500. The zero-order valence-corrected chi connectivity index (χ0v) is 33.2. The van der Waals surface area contributed by atoms with Crippen molar-refractivity contribution < 1.29 is 28.6 Å². The van der Waals surface area contributed by atoms with Gasteiger partial charge in [0.15, 0.2) is 0 Å². The third-order valence-electron chi connectivity index (χ3n) is 11.7. The molecule has 48 heavy (non-hydrogen) atoms. The minimum absolute atomic E-state index is 0.170. The molecule has 1 atom stereocenters. The van der Waals surface area contributed by atoms with Gasteiger partial charge in [0.25, 0.3) is 0 Å². The molecule has 3 aromatic rings. The van der Waals surface area contributed by atoms with Gasteiger partial charge in [0.05, 0.1) is 0 Å². The predicted molar refractivity (Wildman–Crippen MR) is 197 cm³/mol. The Balaban J connectivity index is 0.000000135. The maximum atomic E-state index is 12.2. The average molecular weight is 718 g/mol.